The maximum absolute atomic E-state index is 2.36. The van der Waals surface area contributed by atoms with Crippen molar-refractivity contribution in [3.8, 4) is 0 Å². The van der Waals surface area contributed by atoms with Crippen LogP contribution >= 0.6 is 11.8 Å². The van der Waals surface area contributed by atoms with Crippen LogP contribution in [0.25, 0.3) is 0 Å². The number of thioether (sulfide) groups is 1. The van der Waals surface area contributed by atoms with Gasteiger partial charge in [-0.2, -0.15) is 11.8 Å². The van der Waals surface area contributed by atoms with Gasteiger partial charge in [0.2, 0.25) is 0 Å². The monoisotopic (exact) mass is 158 g/mol. The molecule has 1 aliphatic rings. The summed E-state index contributed by atoms with van der Waals surface area (Å²) in [4.78, 5) is 0. The van der Waals surface area contributed by atoms with Crippen LogP contribution in [0.1, 0.15) is 40.0 Å². The van der Waals surface area contributed by atoms with Crippen molar-refractivity contribution in [2.75, 3.05) is 5.75 Å². The average molecular weight is 158 g/mol. The lowest BCUT2D eigenvalue weighted by Gasteiger charge is -2.33. The fourth-order valence-corrected chi connectivity index (χ4v) is 2.91. The Balaban J connectivity index is 2.39. The average Bonchev–Trinajstić information content (AvgIpc) is 1.88. The third-order valence-electron chi connectivity index (χ3n) is 2.15. The molecule has 1 rings (SSSR count). The van der Waals surface area contributed by atoms with Gasteiger partial charge in [-0.3, -0.25) is 0 Å². The van der Waals surface area contributed by atoms with Gasteiger partial charge in [0.1, 0.15) is 0 Å². The molecule has 1 unspecified atom stereocenters. The Labute approximate surface area is 68.8 Å². The van der Waals surface area contributed by atoms with Crippen LogP contribution in [0, 0.1) is 5.41 Å². The van der Waals surface area contributed by atoms with Crippen molar-refractivity contribution in [3.05, 3.63) is 0 Å². The van der Waals surface area contributed by atoms with Gasteiger partial charge < -0.3 is 0 Å². The Hall–Kier alpha value is 0.350. The van der Waals surface area contributed by atoms with E-state index < -0.39 is 0 Å². The van der Waals surface area contributed by atoms with Crippen molar-refractivity contribution in [1.29, 1.82) is 0 Å². The van der Waals surface area contributed by atoms with Crippen LogP contribution in [0.2, 0.25) is 0 Å². The van der Waals surface area contributed by atoms with Crippen LogP contribution in [0.5, 0.6) is 0 Å². The number of rotatable bonds is 0. The van der Waals surface area contributed by atoms with Gasteiger partial charge in [0.15, 0.2) is 0 Å². The molecule has 0 bridgehead atoms. The van der Waals surface area contributed by atoms with Crippen molar-refractivity contribution < 1.29 is 0 Å². The standard InChI is InChI=1S/C9H18S/c1-9(2,3)8-6-4-5-7-10-8/h8H,4-7H2,1-3H3. The highest BCUT2D eigenvalue weighted by Gasteiger charge is 2.26. The molecule has 0 amide bonds. The van der Waals surface area contributed by atoms with Gasteiger partial charge in [0.05, 0.1) is 0 Å². The van der Waals surface area contributed by atoms with Gasteiger partial charge in [-0.1, -0.05) is 27.2 Å². The second-order valence-electron chi connectivity index (χ2n) is 4.22. The summed E-state index contributed by atoms with van der Waals surface area (Å²) in [6.45, 7) is 7.07. The third-order valence-corrected chi connectivity index (χ3v) is 4.02. The molecular formula is C9H18S. The third kappa shape index (κ3) is 2.19. The van der Waals surface area contributed by atoms with Gasteiger partial charge in [-0.15, -0.1) is 0 Å². The fraction of sp³-hybridized carbons (Fsp3) is 1.00. The van der Waals surface area contributed by atoms with Gasteiger partial charge >= 0.3 is 0 Å². The molecule has 1 saturated heterocycles. The molecule has 0 spiro atoms. The molecule has 0 nitrogen and oxygen atoms in total. The summed E-state index contributed by atoms with van der Waals surface area (Å²) in [5.74, 6) is 1.39. The lowest BCUT2D eigenvalue weighted by Crippen LogP contribution is -2.25. The van der Waals surface area contributed by atoms with Gasteiger partial charge in [-0.05, 0) is 24.0 Å². The summed E-state index contributed by atoms with van der Waals surface area (Å²) in [6.07, 6.45) is 4.33. The predicted octanol–water partition coefficient (Wildman–Crippen LogP) is 3.32. The molecule has 0 radical (unpaired) electrons. The maximum Gasteiger partial charge on any atom is 0.00956 e. The molecule has 0 saturated carbocycles. The fourth-order valence-electron chi connectivity index (χ4n) is 1.42. The topological polar surface area (TPSA) is 0 Å². The summed E-state index contributed by atoms with van der Waals surface area (Å²) in [6, 6.07) is 0. The Morgan fingerprint density at radius 1 is 1.20 bits per heavy atom. The van der Waals surface area contributed by atoms with E-state index in [4.69, 9.17) is 0 Å². The first-order chi connectivity index (χ1) is 4.61. The van der Waals surface area contributed by atoms with Gasteiger partial charge in [0, 0.05) is 5.25 Å². The molecule has 0 N–H and O–H groups in total. The van der Waals surface area contributed by atoms with Crippen molar-refractivity contribution in [2.24, 2.45) is 5.41 Å². The van der Waals surface area contributed by atoms with E-state index in [2.05, 4.69) is 32.5 Å². The second-order valence-corrected chi connectivity index (χ2v) is 5.53. The second kappa shape index (κ2) is 3.17. The molecule has 1 heterocycles. The minimum atomic E-state index is 0.533. The zero-order valence-electron chi connectivity index (χ0n) is 7.31. The van der Waals surface area contributed by atoms with Crippen molar-refractivity contribution in [1.82, 2.24) is 0 Å². The highest BCUT2D eigenvalue weighted by molar-refractivity contribution is 7.99. The lowest BCUT2D eigenvalue weighted by atomic mass is 9.88. The van der Waals surface area contributed by atoms with Crippen LogP contribution in [0.4, 0.5) is 0 Å². The maximum atomic E-state index is 2.36. The molecule has 1 atom stereocenters. The highest BCUT2D eigenvalue weighted by atomic mass is 32.2. The number of hydrogen-bond donors (Lipinski definition) is 0. The first kappa shape index (κ1) is 8.45. The van der Waals surface area contributed by atoms with E-state index in [1.54, 1.807) is 0 Å². The number of hydrogen-bond acceptors (Lipinski definition) is 1. The largest absolute Gasteiger partial charge is 0.158 e. The minimum absolute atomic E-state index is 0.533. The van der Waals surface area contributed by atoms with Crippen LogP contribution in [-0.4, -0.2) is 11.0 Å². The van der Waals surface area contributed by atoms with Gasteiger partial charge in [-0.25, -0.2) is 0 Å². The summed E-state index contributed by atoms with van der Waals surface area (Å²) in [7, 11) is 0. The van der Waals surface area contributed by atoms with E-state index >= 15 is 0 Å². The van der Waals surface area contributed by atoms with E-state index in [9.17, 15) is 0 Å². The summed E-state index contributed by atoms with van der Waals surface area (Å²) in [5, 5.41) is 0.918. The predicted molar refractivity (Wildman–Crippen MR) is 49.6 cm³/mol. The van der Waals surface area contributed by atoms with Crippen molar-refractivity contribution in [2.45, 2.75) is 45.3 Å². The van der Waals surface area contributed by atoms with Crippen LogP contribution in [0.3, 0.4) is 0 Å². The van der Waals surface area contributed by atoms with E-state index in [0.29, 0.717) is 5.41 Å². The smallest absolute Gasteiger partial charge is 0.00956 e. The van der Waals surface area contributed by atoms with E-state index in [0.717, 1.165) is 5.25 Å². The molecule has 0 aromatic carbocycles. The SMILES string of the molecule is CC(C)(C)C1CCCCS1. The molecule has 1 heteroatoms. The zero-order valence-corrected chi connectivity index (χ0v) is 8.13. The normalized spacial score (nSPS) is 28.5. The molecule has 10 heavy (non-hydrogen) atoms. The molecule has 1 aliphatic heterocycles. The van der Waals surface area contributed by atoms with Crippen LogP contribution in [0.15, 0.2) is 0 Å². The molecule has 0 aromatic rings. The van der Waals surface area contributed by atoms with E-state index in [1.165, 1.54) is 25.0 Å². The van der Waals surface area contributed by atoms with Crippen LogP contribution in [-0.2, 0) is 0 Å². The molecule has 1 fully saturated rings. The quantitative estimate of drug-likeness (QED) is 0.521. The Bertz CT molecular complexity index is 95.8. The van der Waals surface area contributed by atoms with Crippen molar-refractivity contribution >= 4 is 11.8 Å². The summed E-state index contributed by atoms with van der Waals surface area (Å²) < 4.78 is 0. The zero-order chi connectivity index (χ0) is 7.61. The molecule has 60 valence electrons. The molecule has 0 aromatic heterocycles. The first-order valence-electron chi connectivity index (χ1n) is 4.22. The summed E-state index contributed by atoms with van der Waals surface area (Å²) >= 11 is 2.17. The Kier molecular flexibility index (Phi) is 2.67. The highest BCUT2D eigenvalue weighted by Crippen LogP contribution is 2.37. The van der Waals surface area contributed by atoms with E-state index in [-0.39, 0.29) is 0 Å². The van der Waals surface area contributed by atoms with E-state index in [1.807, 2.05) is 0 Å². The molecule has 0 aliphatic carbocycles. The Morgan fingerprint density at radius 3 is 2.20 bits per heavy atom. The Morgan fingerprint density at radius 2 is 1.90 bits per heavy atom. The lowest BCUT2D eigenvalue weighted by molar-refractivity contribution is 0.368. The first-order valence-corrected chi connectivity index (χ1v) is 5.27. The minimum Gasteiger partial charge on any atom is -0.158 e. The summed E-state index contributed by atoms with van der Waals surface area (Å²) in [5.41, 5.74) is 0.533. The van der Waals surface area contributed by atoms with Crippen molar-refractivity contribution in [3.63, 3.8) is 0 Å². The van der Waals surface area contributed by atoms with Gasteiger partial charge in [0.25, 0.3) is 0 Å². The molecular weight excluding hydrogens is 140 g/mol. The van der Waals surface area contributed by atoms with Crippen LogP contribution < -0.4 is 0 Å².